The number of hydrogen-bond acceptors (Lipinski definition) is 2. The summed E-state index contributed by atoms with van der Waals surface area (Å²) in [7, 11) is 1.54. The smallest absolute Gasteiger partial charge is 0.137 e. The maximum Gasteiger partial charge on any atom is 0.137 e. The van der Waals surface area contributed by atoms with Crippen LogP contribution in [0.15, 0.2) is 36.4 Å². The lowest BCUT2D eigenvalue weighted by Gasteiger charge is -2.14. The maximum absolute atomic E-state index is 10.4. The van der Waals surface area contributed by atoms with Crippen molar-refractivity contribution < 1.29 is 9.84 Å². The molecule has 2 aromatic carbocycles. The molecule has 1 unspecified atom stereocenters. The number of ether oxygens (including phenoxy) is 1. The molecule has 4 heteroatoms. The second kappa shape index (κ2) is 5.83. The van der Waals surface area contributed by atoms with Gasteiger partial charge in [-0.3, -0.25) is 0 Å². The third-order valence-electron chi connectivity index (χ3n) is 3.00. The molecule has 0 fully saturated rings. The molecular weight excluding hydrogens is 283 g/mol. The molecule has 0 spiro atoms. The number of rotatable bonds is 3. The lowest BCUT2D eigenvalue weighted by molar-refractivity contribution is 0.220. The fourth-order valence-electron chi connectivity index (χ4n) is 1.82. The van der Waals surface area contributed by atoms with Crippen molar-refractivity contribution in [1.82, 2.24) is 0 Å². The molecule has 0 heterocycles. The van der Waals surface area contributed by atoms with E-state index in [1.807, 2.05) is 19.1 Å². The van der Waals surface area contributed by atoms with Gasteiger partial charge in [0.2, 0.25) is 0 Å². The van der Waals surface area contributed by atoms with Crippen LogP contribution in [-0.2, 0) is 0 Å². The Balaban J connectivity index is 2.37. The SMILES string of the molecule is COc1cc(C(O)c2ccc(C)c(Cl)c2)ccc1Cl. The van der Waals surface area contributed by atoms with Crippen LogP contribution in [0, 0.1) is 6.92 Å². The second-order valence-corrected chi connectivity index (χ2v) is 5.12. The summed E-state index contributed by atoms with van der Waals surface area (Å²) in [6.45, 7) is 1.92. The molecule has 0 aliphatic rings. The minimum Gasteiger partial charge on any atom is -0.495 e. The molecular formula is C15H14Cl2O2. The molecule has 0 radical (unpaired) electrons. The molecule has 0 amide bonds. The van der Waals surface area contributed by atoms with Crippen LogP contribution in [-0.4, -0.2) is 12.2 Å². The van der Waals surface area contributed by atoms with Crippen molar-refractivity contribution in [2.45, 2.75) is 13.0 Å². The fraction of sp³-hybridized carbons (Fsp3) is 0.200. The Kier molecular flexibility index (Phi) is 4.35. The van der Waals surface area contributed by atoms with Crippen molar-refractivity contribution in [3.8, 4) is 5.75 Å². The number of halogens is 2. The van der Waals surface area contributed by atoms with E-state index in [2.05, 4.69) is 0 Å². The zero-order valence-corrected chi connectivity index (χ0v) is 12.2. The summed E-state index contributed by atoms with van der Waals surface area (Å²) in [6, 6.07) is 10.7. The van der Waals surface area contributed by atoms with Crippen molar-refractivity contribution >= 4 is 23.2 Å². The summed E-state index contributed by atoms with van der Waals surface area (Å²) in [5, 5.41) is 11.5. The van der Waals surface area contributed by atoms with Gasteiger partial charge in [0.25, 0.3) is 0 Å². The maximum atomic E-state index is 10.4. The van der Waals surface area contributed by atoms with E-state index < -0.39 is 6.10 Å². The van der Waals surface area contributed by atoms with Gasteiger partial charge in [-0.25, -0.2) is 0 Å². The number of methoxy groups -OCH3 is 1. The van der Waals surface area contributed by atoms with Gasteiger partial charge in [-0.15, -0.1) is 0 Å². The standard InChI is InChI=1S/C15H14Cl2O2/c1-9-3-4-10(7-13(9)17)15(18)11-5-6-12(16)14(8-11)19-2/h3-8,15,18H,1-2H3. The van der Waals surface area contributed by atoms with Crippen LogP contribution in [0.25, 0.3) is 0 Å². The van der Waals surface area contributed by atoms with Gasteiger partial charge in [0.1, 0.15) is 11.9 Å². The second-order valence-electron chi connectivity index (χ2n) is 4.31. The molecule has 0 aliphatic heterocycles. The number of aliphatic hydroxyl groups is 1. The van der Waals surface area contributed by atoms with Gasteiger partial charge < -0.3 is 9.84 Å². The molecule has 19 heavy (non-hydrogen) atoms. The highest BCUT2D eigenvalue weighted by atomic mass is 35.5. The minimum atomic E-state index is -0.760. The average Bonchev–Trinajstić information content (AvgIpc) is 2.41. The van der Waals surface area contributed by atoms with E-state index in [1.165, 1.54) is 0 Å². The minimum absolute atomic E-state index is 0.514. The number of hydrogen-bond donors (Lipinski definition) is 1. The summed E-state index contributed by atoms with van der Waals surface area (Å²) < 4.78 is 5.15. The fourth-order valence-corrected chi connectivity index (χ4v) is 2.20. The van der Waals surface area contributed by atoms with E-state index >= 15 is 0 Å². The predicted octanol–water partition coefficient (Wildman–Crippen LogP) is 4.39. The molecule has 2 rings (SSSR count). The van der Waals surface area contributed by atoms with Crippen LogP contribution >= 0.6 is 23.2 Å². The van der Waals surface area contributed by atoms with E-state index in [9.17, 15) is 5.11 Å². The molecule has 0 aliphatic carbocycles. The third kappa shape index (κ3) is 3.03. The predicted molar refractivity (Wildman–Crippen MR) is 78.3 cm³/mol. The normalized spacial score (nSPS) is 12.3. The summed E-state index contributed by atoms with van der Waals surface area (Å²) in [4.78, 5) is 0. The number of benzene rings is 2. The Morgan fingerprint density at radius 2 is 1.63 bits per heavy atom. The molecule has 2 nitrogen and oxygen atoms in total. The molecule has 0 saturated heterocycles. The van der Waals surface area contributed by atoms with E-state index in [1.54, 1.807) is 31.4 Å². The van der Waals surface area contributed by atoms with Gasteiger partial charge in [-0.05, 0) is 41.8 Å². The van der Waals surface area contributed by atoms with E-state index in [-0.39, 0.29) is 0 Å². The zero-order chi connectivity index (χ0) is 14.0. The third-order valence-corrected chi connectivity index (χ3v) is 3.72. The van der Waals surface area contributed by atoms with Gasteiger partial charge >= 0.3 is 0 Å². The zero-order valence-electron chi connectivity index (χ0n) is 10.7. The Bertz CT molecular complexity index is 597. The van der Waals surface area contributed by atoms with Crippen molar-refractivity contribution in [3.05, 3.63) is 63.1 Å². The van der Waals surface area contributed by atoms with E-state index in [0.717, 1.165) is 11.1 Å². The summed E-state index contributed by atoms with van der Waals surface area (Å²) in [6.07, 6.45) is -0.760. The summed E-state index contributed by atoms with van der Waals surface area (Å²) in [5.41, 5.74) is 2.42. The van der Waals surface area contributed by atoms with Gasteiger partial charge in [-0.2, -0.15) is 0 Å². The molecule has 2 aromatic rings. The Morgan fingerprint density at radius 3 is 2.26 bits per heavy atom. The topological polar surface area (TPSA) is 29.5 Å². The quantitative estimate of drug-likeness (QED) is 0.910. The molecule has 0 aromatic heterocycles. The first kappa shape index (κ1) is 14.2. The van der Waals surface area contributed by atoms with Crippen LogP contribution in [0.1, 0.15) is 22.8 Å². The Morgan fingerprint density at radius 1 is 1.00 bits per heavy atom. The molecule has 100 valence electrons. The number of aliphatic hydroxyl groups excluding tert-OH is 1. The van der Waals surface area contributed by atoms with Crippen LogP contribution in [0.4, 0.5) is 0 Å². The largest absolute Gasteiger partial charge is 0.495 e. The van der Waals surface area contributed by atoms with Crippen LogP contribution < -0.4 is 4.74 Å². The Labute approximate surface area is 122 Å². The highest BCUT2D eigenvalue weighted by Gasteiger charge is 2.13. The molecule has 1 N–H and O–H groups in total. The lowest BCUT2D eigenvalue weighted by Crippen LogP contribution is -2.00. The summed E-state index contributed by atoms with van der Waals surface area (Å²) in [5.74, 6) is 0.538. The van der Waals surface area contributed by atoms with Crippen molar-refractivity contribution in [2.24, 2.45) is 0 Å². The van der Waals surface area contributed by atoms with Crippen molar-refractivity contribution in [3.63, 3.8) is 0 Å². The van der Waals surface area contributed by atoms with Gasteiger partial charge in [-0.1, -0.05) is 41.4 Å². The lowest BCUT2D eigenvalue weighted by atomic mass is 10.0. The highest BCUT2D eigenvalue weighted by Crippen LogP contribution is 2.31. The van der Waals surface area contributed by atoms with E-state index in [4.69, 9.17) is 27.9 Å². The molecule has 0 saturated carbocycles. The first-order valence-electron chi connectivity index (χ1n) is 5.80. The molecule has 1 atom stereocenters. The van der Waals surface area contributed by atoms with Crippen LogP contribution in [0.5, 0.6) is 5.75 Å². The highest BCUT2D eigenvalue weighted by molar-refractivity contribution is 6.32. The number of aryl methyl sites for hydroxylation is 1. The van der Waals surface area contributed by atoms with Crippen molar-refractivity contribution in [2.75, 3.05) is 7.11 Å². The average molecular weight is 297 g/mol. The van der Waals surface area contributed by atoms with Crippen molar-refractivity contribution in [1.29, 1.82) is 0 Å². The van der Waals surface area contributed by atoms with E-state index in [0.29, 0.717) is 21.4 Å². The molecule has 0 bridgehead atoms. The monoisotopic (exact) mass is 296 g/mol. The first-order chi connectivity index (χ1) is 9.02. The van der Waals surface area contributed by atoms with Crippen LogP contribution in [0.3, 0.4) is 0 Å². The van der Waals surface area contributed by atoms with Gasteiger partial charge in [0, 0.05) is 5.02 Å². The van der Waals surface area contributed by atoms with Gasteiger partial charge in [0.05, 0.1) is 12.1 Å². The first-order valence-corrected chi connectivity index (χ1v) is 6.56. The summed E-state index contributed by atoms with van der Waals surface area (Å²) >= 11 is 12.0. The van der Waals surface area contributed by atoms with Gasteiger partial charge in [0.15, 0.2) is 0 Å². The van der Waals surface area contributed by atoms with Crippen LogP contribution in [0.2, 0.25) is 10.0 Å². The Hall–Kier alpha value is -1.22.